The Balaban J connectivity index is 1.57. The van der Waals surface area contributed by atoms with Crippen molar-refractivity contribution >= 4 is 56.8 Å². The monoisotopic (exact) mass is 509 g/mol. The van der Waals surface area contributed by atoms with E-state index in [0.717, 1.165) is 47.1 Å². The summed E-state index contributed by atoms with van der Waals surface area (Å²) in [6.45, 7) is 4.41. The summed E-state index contributed by atoms with van der Waals surface area (Å²) >= 11 is 12.3. The topological polar surface area (TPSA) is 108 Å². The lowest BCUT2D eigenvalue weighted by Gasteiger charge is -2.34. The number of primary amides is 1. The number of carbonyl (C=O) groups is 2. The molecule has 0 saturated carbocycles. The normalized spacial score (nSPS) is 14.7. The lowest BCUT2D eigenvalue weighted by atomic mass is 9.98. The van der Waals surface area contributed by atoms with Crippen LogP contribution in [-0.4, -0.2) is 65.9 Å². The summed E-state index contributed by atoms with van der Waals surface area (Å²) in [6, 6.07) is 14.6. The third-order valence-corrected chi connectivity index (χ3v) is 7.32. The summed E-state index contributed by atoms with van der Waals surface area (Å²) in [6.07, 6.45) is 0. The van der Waals surface area contributed by atoms with Gasteiger partial charge in [0.25, 0.3) is 11.8 Å². The number of nitrogens with zero attached hydrogens (tertiary/aromatic N) is 2. The van der Waals surface area contributed by atoms with Gasteiger partial charge in [0.15, 0.2) is 0 Å². The van der Waals surface area contributed by atoms with Gasteiger partial charge in [-0.25, -0.2) is 0 Å². The van der Waals surface area contributed by atoms with E-state index in [-0.39, 0.29) is 5.91 Å². The van der Waals surface area contributed by atoms with Crippen molar-refractivity contribution in [3.05, 3.63) is 69.7 Å². The molecule has 3 aromatic carbocycles. The molecule has 1 saturated heterocycles. The van der Waals surface area contributed by atoms with Gasteiger partial charge in [-0.05, 0) is 53.6 Å². The number of fused-ring (bicyclic) bond motifs is 3. The largest absolute Gasteiger partial charge is 0.366 e. The van der Waals surface area contributed by atoms with Crippen LogP contribution in [0.1, 0.15) is 20.7 Å². The van der Waals surface area contributed by atoms with E-state index in [1.165, 1.54) is 0 Å². The van der Waals surface area contributed by atoms with E-state index in [9.17, 15) is 9.59 Å². The number of hydrogen-bond acceptors (Lipinski definition) is 4. The number of benzene rings is 3. The Labute approximate surface area is 212 Å². The Morgan fingerprint density at radius 1 is 0.886 bits per heavy atom. The second kappa shape index (κ2) is 9.51. The molecule has 9 heteroatoms. The molecule has 1 aliphatic rings. The molecule has 35 heavy (non-hydrogen) atoms. The average molecular weight is 510 g/mol. The van der Waals surface area contributed by atoms with E-state index in [1.807, 2.05) is 35.2 Å². The van der Waals surface area contributed by atoms with Gasteiger partial charge in [-0.2, -0.15) is 0 Å². The van der Waals surface area contributed by atoms with E-state index < -0.39 is 5.91 Å². The summed E-state index contributed by atoms with van der Waals surface area (Å²) in [5.74, 6) is -0.556. The zero-order valence-corrected chi connectivity index (χ0v) is 20.5. The molecular weight excluding hydrogens is 485 g/mol. The highest BCUT2D eigenvalue weighted by molar-refractivity contribution is 6.42. The van der Waals surface area contributed by atoms with Gasteiger partial charge < -0.3 is 21.4 Å². The molecule has 0 spiro atoms. The molecule has 5 N–H and O–H groups in total. The van der Waals surface area contributed by atoms with Crippen LogP contribution >= 0.6 is 23.2 Å². The van der Waals surface area contributed by atoms with Crippen LogP contribution in [0.4, 0.5) is 0 Å². The van der Waals surface area contributed by atoms with Crippen molar-refractivity contribution < 1.29 is 9.59 Å². The van der Waals surface area contributed by atoms with Crippen molar-refractivity contribution in [3.8, 4) is 11.1 Å². The fourth-order valence-corrected chi connectivity index (χ4v) is 5.01. The van der Waals surface area contributed by atoms with Gasteiger partial charge in [0.05, 0.1) is 21.1 Å². The Kier molecular flexibility index (Phi) is 6.42. The number of amides is 2. The van der Waals surface area contributed by atoms with Gasteiger partial charge in [-0.3, -0.25) is 14.5 Å². The number of nitrogens with two attached hydrogens (primary N) is 2. The van der Waals surface area contributed by atoms with Gasteiger partial charge in [-0.15, -0.1) is 0 Å². The second-order valence-electron chi connectivity index (χ2n) is 8.75. The highest BCUT2D eigenvalue weighted by atomic mass is 35.5. The maximum atomic E-state index is 13.3. The number of aromatic nitrogens is 1. The molecule has 4 aromatic rings. The zero-order chi connectivity index (χ0) is 24.7. The Morgan fingerprint density at radius 2 is 1.66 bits per heavy atom. The molecular formula is C26H25Cl2N5O2. The van der Waals surface area contributed by atoms with Crippen LogP contribution < -0.4 is 11.5 Å². The van der Waals surface area contributed by atoms with E-state index in [2.05, 4.69) is 9.88 Å². The van der Waals surface area contributed by atoms with Crippen LogP contribution in [0.5, 0.6) is 0 Å². The number of hydrogen-bond donors (Lipinski definition) is 3. The lowest BCUT2D eigenvalue weighted by Crippen LogP contribution is -2.49. The number of H-pyrrole nitrogens is 1. The molecule has 180 valence electrons. The first-order valence-electron chi connectivity index (χ1n) is 11.4. The molecule has 2 amide bonds. The first kappa shape index (κ1) is 23.6. The SMILES string of the molecule is NCCN1CCN(C(=O)c2ccc3[nH]c4c(C(N)=O)cc(-c5ccc(Cl)c(Cl)c5)cc4c3c2)CC1. The summed E-state index contributed by atoms with van der Waals surface area (Å²) in [7, 11) is 0. The van der Waals surface area contributed by atoms with Crippen molar-refractivity contribution in [2.75, 3.05) is 39.3 Å². The third-order valence-electron chi connectivity index (χ3n) is 6.58. The summed E-state index contributed by atoms with van der Waals surface area (Å²) in [4.78, 5) is 33.0. The van der Waals surface area contributed by atoms with E-state index in [0.29, 0.717) is 46.3 Å². The van der Waals surface area contributed by atoms with E-state index in [1.54, 1.807) is 18.2 Å². The van der Waals surface area contributed by atoms with Gasteiger partial charge >= 0.3 is 0 Å². The van der Waals surface area contributed by atoms with E-state index >= 15 is 0 Å². The number of piperazine rings is 1. The van der Waals surface area contributed by atoms with Crippen molar-refractivity contribution in [1.29, 1.82) is 0 Å². The Hall–Kier alpha value is -3.10. The van der Waals surface area contributed by atoms with Crippen LogP contribution in [0.15, 0.2) is 48.5 Å². The highest BCUT2D eigenvalue weighted by Gasteiger charge is 2.23. The quantitative estimate of drug-likeness (QED) is 0.376. The molecule has 7 nitrogen and oxygen atoms in total. The number of nitrogens with one attached hydrogen (secondary N) is 1. The molecule has 0 aliphatic carbocycles. The second-order valence-corrected chi connectivity index (χ2v) is 9.56. The fourth-order valence-electron chi connectivity index (χ4n) is 4.71. The summed E-state index contributed by atoms with van der Waals surface area (Å²) < 4.78 is 0. The maximum Gasteiger partial charge on any atom is 0.253 e. The van der Waals surface area contributed by atoms with Crippen molar-refractivity contribution in [2.45, 2.75) is 0 Å². The Morgan fingerprint density at radius 3 is 2.34 bits per heavy atom. The first-order chi connectivity index (χ1) is 16.9. The average Bonchev–Trinajstić information content (AvgIpc) is 3.23. The van der Waals surface area contributed by atoms with E-state index in [4.69, 9.17) is 34.7 Å². The number of halogens is 2. The van der Waals surface area contributed by atoms with Crippen LogP contribution in [0.2, 0.25) is 10.0 Å². The smallest absolute Gasteiger partial charge is 0.253 e. The minimum absolute atomic E-state index is 0.00980. The first-order valence-corrected chi connectivity index (χ1v) is 12.2. The Bertz CT molecular complexity index is 1460. The third kappa shape index (κ3) is 4.48. The van der Waals surface area contributed by atoms with Crippen LogP contribution in [0.3, 0.4) is 0 Å². The molecule has 1 fully saturated rings. The molecule has 1 aromatic heterocycles. The summed E-state index contributed by atoms with van der Waals surface area (Å²) in [5, 5.41) is 2.52. The summed E-state index contributed by atoms with van der Waals surface area (Å²) in [5.41, 5.74) is 15.4. The zero-order valence-electron chi connectivity index (χ0n) is 19.0. The molecule has 5 rings (SSSR count). The highest BCUT2D eigenvalue weighted by Crippen LogP contribution is 2.35. The van der Waals surface area contributed by atoms with Crippen molar-refractivity contribution in [3.63, 3.8) is 0 Å². The maximum absolute atomic E-state index is 13.3. The van der Waals surface area contributed by atoms with Crippen LogP contribution in [0, 0.1) is 0 Å². The fraction of sp³-hybridized carbons (Fsp3) is 0.231. The van der Waals surface area contributed by atoms with Crippen LogP contribution in [-0.2, 0) is 0 Å². The van der Waals surface area contributed by atoms with Gasteiger partial charge in [0.1, 0.15) is 0 Å². The predicted molar refractivity (Wildman–Crippen MR) is 141 cm³/mol. The minimum atomic E-state index is -0.546. The van der Waals surface area contributed by atoms with Crippen molar-refractivity contribution in [2.24, 2.45) is 11.5 Å². The van der Waals surface area contributed by atoms with Gasteiger partial charge in [0, 0.05) is 61.1 Å². The molecule has 1 aliphatic heterocycles. The standard InChI is InChI=1S/C26H25Cl2N5O2/c27-21-3-1-15(14-22(21)28)17-12-19-18-11-16(26(35)33-9-7-32(6-5-29)8-10-33)2-4-23(18)31-24(19)20(13-17)25(30)34/h1-4,11-14,31H,5-10,29H2,(H2,30,34). The van der Waals surface area contributed by atoms with Crippen molar-refractivity contribution in [1.82, 2.24) is 14.8 Å². The number of carbonyl (C=O) groups excluding carboxylic acids is 2. The predicted octanol–water partition coefficient (Wildman–Crippen LogP) is 4.11. The van der Waals surface area contributed by atoms with Crippen LogP contribution in [0.25, 0.3) is 32.9 Å². The lowest BCUT2D eigenvalue weighted by molar-refractivity contribution is 0.0641. The molecule has 2 heterocycles. The minimum Gasteiger partial charge on any atom is -0.366 e. The number of aromatic amines is 1. The van der Waals surface area contributed by atoms with Gasteiger partial charge in [0.2, 0.25) is 0 Å². The molecule has 0 radical (unpaired) electrons. The molecule has 0 bridgehead atoms. The van der Waals surface area contributed by atoms with Gasteiger partial charge in [-0.1, -0.05) is 29.3 Å². The number of rotatable bonds is 5. The molecule has 0 unspecified atom stereocenters. The molecule has 0 atom stereocenters.